The van der Waals surface area contributed by atoms with E-state index in [1.165, 1.54) is 58.3 Å². The molecular weight excluding hydrogens is 234 g/mol. The molecule has 0 aromatic carbocycles. The second-order valence-electron chi connectivity index (χ2n) is 6.99. The molecule has 3 atom stereocenters. The predicted molar refractivity (Wildman–Crippen MR) is 80.5 cm³/mol. The van der Waals surface area contributed by atoms with Gasteiger partial charge in [-0.3, -0.25) is 9.80 Å². The van der Waals surface area contributed by atoms with E-state index in [1.807, 2.05) is 0 Å². The molecule has 19 heavy (non-hydrogen) atoms. The molecule has 0 aromatic rings. The van der Waals surface area contributed by atoms with E-state index in [2.05, 4.69) is 35.9 Å². The zero-order valence-electron chi connectivity index (χ0n) is 13.0. The van der Waals surface area contributed by atoms with Crippen LogP contribution in [0.3, 0.4) is 0 Å². The summed E-state index contributed by atoms with van der Waals surface area (Å²) in [7, 11) is 0. The zero-order chi connectivity index (χ0) is 13.5. The minimum atomic E-state index is 0.374. The molecule has 3 heteroatoms. The lowest BCUT2D eigenvalue weighted by molar-refractivity contribution is 0.0339. The third kappa shape index (κ3) is 2.34. The van der Waals surface area contributed by atoms with Crippen molar-refractivity contribution in [3.8, 4) is 0 Å². The van der Waals surface area contributed by atoms with Crippen LogP contribution in [0, 0.1) is 0 Å². The van der Waals surface area contributed by atoms with Gasteiger partial charge in [-0.15, -0.1) is 0 Å². The summed E-state index contributed by atoms with van der Waals surface area (Å²) in [6.45, 7) is 12.2. The van der Waals surface area contributed by atoms with E-state index in [9.17, 15) is 0 Å². The van der Waals surface area contributed by atoms with Crippen molar-refractivity contribution < 1.29 is 0 Å². The van der Waals surface area contributed by atoms with Gasteiger partial charge in [0.25, 0.3) is 0 Å². The maximum Gasteiger partial charge on any atom is 0.0304 e. The quantitative estimate of drug-likeness (QED) is 0.843. The maximum absolute atomic E-state index is 3.84. The van der Waals surface area contributed by atoms with E-state index < -0.39 is 0 Å². The van der Waals surface area contributed by atoms with E-state index in [1.54, 1.807) is 0 Å². The van der Waals surface area contributed by atoms with Crippen molar-refractivity contribution in [2.24, 2.45) is 0 Å². The van der Waals surface area contributed by atoms with Gasteiger partial charge < -0.3 is 5.32 Å². The molecule has 1 N–H and O–H groups in total. The summed E-state index contributed by atoms with van der Waals surface area (Å²) in [4.78, 5) is 5.61. The summed E-state index contributed by atoms with van der Waals surface area (Å²) in [5, 5.41) is 3.84. The largest absolute Gasteiger partial charge is 0.308 e. The second kappa shape index (κ2) is 5.34. The van der Waals surface area contributed by atoms with Crippen molar-refractivity contribution in [3.05, 3.63) is 0 Å². The lowest BCUT2D eigenvalue weighted by Gasteiger charge is -2.50. The van der Waals surface area contributed by atoms with E-state index in [4.69, 9.17) is 0 Å². The summed E-state index contributed by atoms with van der Waals surface area (Å²) < 4.78 is 0. The fourth-order valence-corrected chi connectivity index (χ4v) is 4.65. The monoisotopic (exact) mass is 265 g/mol. The van der Waals surface area contributed by atoms with Gasteiger partial charge in [0.15, 0.2) is 0 Å². The number of rotatable bonds is 3. The maximum atomic E-state index is 3.84. The molecule has 3 unspecified atom stereocenters. The molecule has 3 nitrogen and oxygen atoms in total. The summed E-state index contributed by atoms with van der Waals surface area (Å²) in [6.07, 6.45) is 6.78. The third-order valence-electron chi connectivity index (χ3n) is 6.17. The first-order valence-corrected chi connectivity index (χ1v) is 8.44. The normalized spacial score (nSPS) is 39.6. The molecule has 3 saturated heterocycles. The Bertz CT molecular complexity index is 313. The van der Waals surface area contributed by atoms with Gasteiger partial charge in [-0.05, 0) is 45.6 Å². The Morgan fingerprint density at radius 3 is 2.63 bits per heavy atom. The molecule has 3 aliphatic rings. The van der Waals surface area contributed by atoms with E-state index >= 15 is 0 Å². The average Bonchev–Trinajstić information content (AvgIpc) is 3.03. The Morgan fingerprint density at radius 2 is 1.89 bits per heavy atom. The zero-order valence-corrected chi connectivity index (χ0v) is 13.0. The first-order valence-electron chi connectivity index (χ1n) is 8.44. The van der Waals surface area contributed by atoms with Crippen LogP contribution in [0.15, 0.2) is 0 Å². The van der Waals surface area contributed by atoms with Gasteiger partial charge in [0, 0.05) is 43.3 Å². The number of piperazine rings is 1. The second-order valence-corrected chi connectivity index (χ2v) is 6.99. The molecule has 0 amide bonds. The van der Waals surface area contributed by atoms with Gasteiger partial charge in [0.2, 0.25) is 0 Å². The Kier molecular flexibility index (Phi) is 3.89. The fourth-order valence-electron chi connectivity index (χ4n) is 4.65. The van der Waals surface area contributed by atoms with Crippen LogP contribution < -0.4 is 5.32 Å². The standard InChI is InChI=1S/C16H31N3/c1-4-16(5-2)12-19(13(3)11-17-16)15-8-10-18-9-6-7-14(15)18/h13-15,17H,4-12H2,1-3H3. The number of hydrogen-bond acceptors (Lipinski definition) is 3. The molecule has 0 aromatic heterocycles. The summed E-state index contributed by atoms with van der Waals surface area (Å²) in [5.41, 5.74) is 0.374. The number of nitrogens with one attached hydrogen (secondary N) is 1. The number of fused-ring (bicyclic) bond motifs is 1. The molecule has 3 heterocycles. The van der Waals surface area contributed by atoms with E-state index in [0.717, 1.165) is 12.1 Å². The highest BCUT2D eigenvalue weighted by Gasteiger charge is 2.45. The van der Waals surface area contributed by atoms with Crippen LogP contribution in [-0.4, -0.2) is 59.6 Å². The number of hydrogen-bond donors (Lipinski definition) is 1. The van der Waals surface area contributed by atoms with Gasteiger partial charge in [-0.1, -0.05) is 13.8 Å². The Hall–Kier alpha value is -0.120. The van der Waals surface area contributed by atoms with Crippen LogP contribution in [0.25, 0.3) is 0 Å². The summed E-state index contributed by atoms with van der Waals surface area (Å²) in [6, 6.07) is 2.40. The smallest absolute Gasteiger partial charge is 0.0304 e. The molecule has 0 aliphatic carbocycles. The molecule has 0 radical (unpaired) electrons. The first kappa shape index (κ1) is 13.8. The Labute approximate surface area is 118 Å². The predicted octanol–water partition coefficient (Wildman–Crippen LogP) is 2.08. The van der Waals surface area contributed by atoms with Gasteiger partial charge in [-0.25, -0.2) is 0 Å². The molecule has 3 aliphatic heterocycles. The highest BCUT2D eigenvalue weighted by molar-refractivity contribution is 5.03. The lowest BCUT2D eigenvalue weighted by atomic mass is 9.87. The Balaban J connectivity index is 1.74. The highest BCUT2D eigenvalue weighted by atomic mass is 15.3. The fraction of sp³-hybridized carbons (Fsp3) is 1.00. The molecule has 0 saturated carbocycles. The van der Waals surface area contributed by atoms with E-state index in [-0.39, 0.29) is 0 Å². The molecule has 0 spiro atoms. The first-order chi connectivity index (χ1) is 9.19. The molecule has 3 fully saturated rings. The van der Waals surface area contributed by atoms with Crippen molar-refractivity contribution in [2.75, 3.05) is 26.2 Å². The van der Waals surface area contributed by atoms with Crippen molar-refractivity contribution >= 4 is 0 Å². The van der Waals surface area contributed by atoms with Crippen LogP contribution >= 0.6 is 0 Å². The topological polar surface area (TPSA) is 18.5 Å². The summed E-state index contributed by atoms with van der Waals surface area (Å²) in [5.74, 6) is 0. The molecular formula is C16H31N3. The van der Waals surface area contributed by atoms with Crippen molar-refractivity contribution in [3.63, 3.8) is 0 Å². The van der Waals surface area contributed by atoms with Crippen LogP contribution in [-0.2, 0) is 0 Å². The Morgan fingerprint density at radius 1 is 1.11 bits per heavy atom. The minimum Gasteiger partial charge on any atom is -0.308 e. The van der Waals surface area contributed by atoms with Crippen LogP contribution in [0.4, 0.5) is 0 Å². The van der Waals surface area contributed by atoms with Crippen LogP contribution in [0.5, 0.6) is 0 Å². The average molecular weight is 265 g/mol. The lowest BCUT2D eigenvalue weighted by Crippen LogP contribution is -2.66. The molecule has 0 bridgehead atoms. The van der Waals surface area contributed by atoms with Crippen LogP contribution in [0.2, 0.25) is 0 Å². The van der Waals surface area contributed by atoms with Crippen molar-refractivity contribution in [1.29, 1.82) is 0 Å². The molecule has 110 valence electrons. The van der Waals surface area contributed by atoms with Crippen molar-refractivity contribution in [1.82, 2.24) is 15.1 Å². The minimum absolute atomic E-state index is 0.374. The van der Waals surface area contributed by atoms with Gasteiger partial charge in [0.1, 0.15) is 0 Å². The third-order valence-corrected chi connectivity index (χ3v) is 6.17. The van der Waals surface area contributed by atoms with Gasteiger partial charge in [0.05, 0.1) is 0 Å². The summed E-state index contributed by atoms with van der Waals surface area (Å²) >= 11 is 0. The van der Waals surface area contributed by atoms with Gasteiger partial charge in [-0.2, -0.15) is 0 Å². The van der Waals surface area contributed by atoms with Gasteiger partial charge >= 0.3 is 0 Å². The highest BCUT2D eigenvalue weighted by Crippen LogP contribution is 2.35. The van der Waals surface area contributed by atoms with Crippen LogP contribution in [0.1, 0.15) is 52.9 Å². The van der Waals surface area contributed by atoms with Crippen molar-refractivity contribution in [2.45, 2.75) is 76.5 Å². The number of nitrogens with zero attached hydrogens (tertiary/aromatic N) is 2. The molecule has 3 rings (SSSR count). The van der Waals surface area contributed by atoms with E-state index in [0.29, 0.717) is 11.6 Å². The SMILES string of the molecule is CCC1(CC)CN(C2CCN3CCCC23)C(C)CN1.